The van der Waals surface area contributed by atoms with Crippen LogP contribution in [0.2, 0.25) is 5.02 Å². The molecule has 0 saturated heterocycles. The second-order valence-corrected chi connectivity index (χ2v) is 7.15. The third-order valence-corrected chi connectivity index (χ3v) is 5.63. The minimum absolute atomic E-state index is 0.542. The van der Waals surface area contributed by atoms with Crippen LogP contribution in [0.4, 0.5) is 5.82 Å². The molecule has 1 N–H and O–H groups in total. The fourth-order valence-electron chi connectivity index (χ4n) is 3.23. The second-order valence-electron chi connectivity index (χ2n) is 5.91. The third-order valence-electron chi connectivity index (χ3n) is 4.36. The number of hydrogen-bond donors (Lipinski definition) is 1. The second kappa shape index (κ2) is 5.60. The average Bonchev–Trinajstić information content (AvgIpc) is 3.21. The fourth-order valence-corrected chi connectivity index (χ4v) is 4.33. The molecule has 0 unspecified atom stereocenters. The van der Waals surface area contributed by atoms with E-state index in [2.05, 4.69) is 22.0 Å². The Hall–Kier alpha value is -1.52. The van der Waals surface area contributed by atoms with Gasteiger partial charge in [0.1, 0.15) is 11.5 Å². The summed E-state index contributed by atoms with van der Waals surface area (Å²) in [6.45, 7) is 2.13. The third kappa shape index (κ3) is 2.31. The van der Waals surface area contributed by atoms with E-state index in [1.54, 1.807) is 11.3 Å². The highest BCUT2D eigenvalue weighted by Gasteiger charge is 2.22. The highest BCUT2D eigenvalue weighted by molar-refractivity contribution is 7.15. The van der Waals surface area contributed by atoms with Crippen molar-refractivity contribution >= 4 is 33.7 Å². The molecule has 0 radical (unpaired) electrons. The number of nitrogens with one attached hydrogen (secondary N) is 1. The predicted octanol–water partition coefficient (Wildman–Crippen LogP) is 5.38. The smallest absolute Gasteiger partial charge is 0.196 e. The van der Waals surface area contributed by atoms with Gasteiger partial charge in [0, 0.05) is 22.7 Å². The first-order valence-corrected chi connectivity index (χ1v) is 8.98. The molecular formula is C17H18ClN3S. The van der Waals surface area contributed by atoms with Crippen molar-refractivity contribution in [3.63, 3.8) is 0 Å². The van der Waals surface area contributed by atoms with E-state index in [1.807, 2.05) is 24.3 Å². The lowest BCUT2D eigenvalue weighted by molar-refractivity contribution is 0.748. The van der Waals surface area contributed by atoms with Gasteiger partial charge in [0.2, 0.25) is 0 Å². The first kappa shape index (κ1) is 14.1. The number of fused-ring (bicyclic) bond motifs is 1. The van der Waals surface area contributed by atoms with Crippen LogP contribution in [-0.2, 0) is 0 Å². The van der Waals surface area contributed by atoms with Gasteiger partial charge >= 0.3 is 0 Å². The van der Waals surface area contributed by atoms with Crippen molar-refractivity contribution in [3.8, 4) is 11.3 Å². The van der Waals surface area contributed by atoms with Crippen molar-refractivity contribution in [3.05, 3.63) is 40.4 Å². The van der Waals surface area contributed by atoms with Crippen LogP contribution in [0.1, 0.15) is 31.4 Å². The average molecular weight is 332 g/mol. The van der Waals surface area contributed by atoms with Crippen LogP contribution in [0.15, 0.2) is 29.6 Å². The number of anilines is 1. The molecule has 5 heteroatoms. The Labute approximate surface area is 139 Å². The van der Waals surface area contributed by atoms with Gasteiger partial charge in [-0.25, -0.2) is 4.98 Å². The first-order chi connectivity index (χ1) is 10.7. The number of rotatable bonds is 3. The number of nitrogens with zero attached hydrogens (tertiary/aromatic N) is 2. The number of imidazole rings is 1. The zero-order valence-corrected chi connectivity index (χ0v) is 14.0. The molecule has 22 heavy (non-hydrogen) atoms. The summed E-state index contributed by atoms with van der Waals surface area (Å²) in [4.78, 5) is 5.86. The summed E-state index contributed by atoms with van der Waals surface area (Å²) in [7, 11) is 0. The van der Waals surface area contributed by atoms with Crippen molar-refractivity contribution in [2.45, 2.75) is 38.6 Å². The largest absolute Gasteiger partial charge is 0.367 e. The van der Waals surface area contributed by atoms with Crippen LogP contribution >= 0.6 is 22.9 Å². The number of thiazole rings is 1. The SMILES string of the molecule is Cc1csc2nc(-c3ccccc3Cl)c(NC3CCCC3)n12. The van der Waals surface area contributed by atoms with Crippen LogP contribution in [0, 0.1) is 6.92 Å². The quantitative estimate of drug-likeness (QED) is 0.698. The topological polar surface area (TPSA) is 29.3 Å². The van der Waals surface area contributed by atoms with Crippen molar-refractivity contribution in [1.29, 1.82) is 0 Å². The predicted molar refractivity (Wildman–Crippen MR) is 94.1 cm³/mol. The Kier molecular flexibility index (Phi) is 3.59. The standard InChI is InChI=1S/C17H18ClN3S/c1-11-10-22-17-20-15(13-8-4-5-9-14(13)18)16(21(11)17)19-12-6-2-3-7-12/h4-5,8-10,12,19H,2-3,6-7H2,1H3. The van der Waals surface area contributed by atoms with E-state index in [1.165, 1.54) is 31.4 Å². The van der Waals surface area contributed by atoms with Gasteiger partial charge in [-0.2, -0.15) is 0 Å². The van der Waals surface area contributed by atoms with E-state index in [9.17, 15) is 0 Å². The lowest BCUT2D eigenvalue weighted by Crippen LogP contribution is -2.16. The lowest BCUT2D eigenvalue weighted by atomic mass is 10.1. The molecule has 1 aliphatic carbocycles. The number of hydrogen-bond acceptors (Lipinski definition) is 3. The van der Waals surface area contributed by atoms with E-state index in [0.717, 1.165) is 27.1 Å². The van der Waals surface area contributed by atoms with Gasteiger partial charge in [0.25, 0.3) is 0 Å². The zero-order chi connectivity index (χ0) is 15.1. The highest BCUT2D eigenvalue weighted by Crippen LogP contribution is 2.37. The van der Waals surface area contributed by atoms with Gasteiger partial charge in [-0.3, -0.25) is 4.40 Å². The number of aromatic nitrogens is 2. The maximum Gasteiger partial charge on any atom is 0.196 e. The molecular weight excluding hydrogens is 314 g/mol. The molecule has 3 nitrogen and oxygen atoms in total. The molecule has 0 bridgehead atoms. The van der Waals surface area contributed by atoms with Crippen LogP contribution in [-0.4, -0.2) is 15.4 Å². The van der Waals surface area contributed by atoms with E-state index in [-0.39, 0.29) is 0 Å². The molecule has 2 heterocycles. The normalized spacial score (nSPS) is 15.7. The minimum Gasteiger partial charge on any atom is -0.367 e. The molecule has 1 fully saturated rings. The van der Waals surface area contributed by atoms with Crippen LogP contribution in [0.25, 0.3) is 16.2 Å². The lowest BCUT2D eigenvalue weighted by Gasteiger charge is -2.15. The summed E-state index contributed by atoms with van der Waals surface area (Å²) >= 11 is 8.08. The fraction of sp³-hybridized carbons (Fsp3) is 0.353. The molecule has 1 saturated carbocycles. The van der Waals surface area contributed by atoms with Crippen LogP contribution in [0.3, 0.4) is 0 Å². The molecule has 4 rings (SSSR count). The molecule has 114 valence electrons. The van der Waals surface area contributed by atoms with E-state index < -0.39 is 0 Å². The maximum absolute atomic E-state index is 6.41. The molecule has 3 aromatic rings. The molecule has 1 aliphatic rings. The van der Waals surface area contributed by atoms with Crippen molar-refractivity contribution in [2.24, 2.45) is 0 Å². The van der Waals surface area contributed by atoms with Crippen molar-refractivity contribution < 1.29 is 0 Å². The molecule has 0 spiro atoms. The van der Waals surface area contributed by atoms with Gasteiger partial charge in [0.05, 0.1) is 5.02 Å². The van der Waals surface area contributed by atoms with Gasteiger partial charge in [0.15, 0.2) is 4.96 Å². The van der Waals surface area contributed by atoms with Crippen LogP contribution < -0.4 is 5.32 Å². The van der Waals surface area contributed by atoms with Crippen molar-refractivity contribution in [2.75, 3.05) is 5.32 Å². The summed E-state index contributed by atoms with van der Waals surface area (Å²) in [5.41, 5.74) is 3.18. The van der Waals surface area contributed by atoms with Gasteiger partial charge in [-0.05, 0) is 25.8 Å². The Balaban J connectivity index is 1.88. The zero-order valence-electron chi connectivity index (χ0n) is 12.5. The Bertz CT molecular complexity index is 815. The number of halogens is 1. The summed E-state index contributed by atoms with van der Waals surface area (Å²) in [5, 5.41) is 6.64. The minimum atomic E-state index is 0.542. The van der Waals surface area contributed by atoms with Crippen LogP contribution in [0.5, 0.6) is 0 Å². The first-order valence-electron chi connectivity index (χ1n) is 7.72. The Morgan fingerprint density at radius 1 is 1.27 bits per heavy atom. The molecule has 0 aliphatic heterocycles. The van der Waals surface area contributed by atoms with E-state index >= 15 is 0 Å². The molecule has 0 atom stereocenters. The van der Waals surface area contributed by atoms with Crippen molar-refractivity contribution in [1.82, 2.24) is 9.38 Å². The summed E-state index contributed by atoms with van der Waals surface area (Å²) in [5.74, 6) is 1.09. The summed E-state index contributed by atoms with van der Waals surface area (Å²) in [6, 6.07) is 8.49. The van der Waals surface area contributed by atoms with Gasteiger partial charge in [-0.15, -0.1) is 11.3 Å². The van der Waals surface area contributed by atoms with E-state index in [0.29, 0.717) is 6.04 Å². The molecule has 0 amide bonds. The van der Waals surface area contributed by atoms with Gasteiger partial charge < -0.3 is 5.32 Å². The maximum atomic E-state index is 6.41. The highest BCUT2D eigenvalue weighted by atomic mass is 35.5. The number of benzene rings is 1. The van der Waals surface area contributed by atoms with E-state index in [4.69, 9.17) is 16.6 Å². The Morgan fingerprint density at radius 3 is 2.82 bits per heavy atom. The Morgan fingerprint density at radius 2 is 2.05 bits per heavy atom. The summed E-state index contributed by atoms with van der Waals surface area (Å²) < 4.78 is 2.22. The van der Waals surface area contributed by atoms with Gasteiger partial charge in [-0.1, -0.05) is 42.6 Å². The summed E-state index contributed by atoms with van der Waals surface area (Å²) in [6.07, 6.45) is 5.09. The molecule has 2 aromatic heterocycles. The monoisotopic (exact) mass is 331 g/mol. The molecule has 1 aromatic carbocycles. The number of aryl methyl sites for hydroxylation is 1.